The molecule has 0 N–H and O–H groups in total. The largest absolute Gasteiger partial charge is 0.338 e. The predicted molar refractivity (Wildman–Crippen MR) is 94.1 cm³/mol. The summed E-state index contributed by atoms with van der Waals surface area (Å²) >= 11 is 0. The molecule has 3 aromatic rings. The molecule has 8 heteroatoms. The molecule has 1 atom stereocenters. The summed E-state index contributed by atoms with van der Waals surface area (Å²) in [5.74, 6) is -0.856. The average Bonchev–Trinajstić information content (AvgIpc) is 3.15. The summed E-state index contributed by atoms with van der Waals surface area (Å²) in [7, 11) is 0. The number of amides is 1. The molecular weight excluding hydrogens is 352 g/mol. The van der Waals surface area contributed by atoms with Crippen LogP contribution in [0.4, 0.5) is 8.78 Å². The van der Waals surface area contributed by atoms with Crippen molar-refractivity contribution < 1.29 is 13.6 Å². The van der Waals surface area contributed by atoms with Gasteiger partial charge in [-0.2, -0.15) is 0 Å². The molecule has 0 radical (unpaired) electrons. The van der Waals surface area contributed by atoms with Crippen LogP contribution in [0, 0.1) is 17.6 Å². The van der Waals surface area contributed by atoms with Gasteiger partial charge in [-0.3, -0.25) is 4.79 Å². The van der Waals surface area contributed by atoms with Gasteiger partial charge in [-0.15, -0.1) is 5.10 Å². The number of benzene rings is 1. The molecule has 1 amide bonds. The van der Waals surface area contributed by atoms with Gasteiger partial charge in [0.2, 0.25) is 0 Å². The molecule has 3 heterocycles. The number of pyridine rings is 1. The minimum Gasteiger partial charge on any atom is -0.338 e. The number of hydrogen-bond acceptors (Lipinski definition) is 4. The van der Waals surface area contributed by atoms with Crippen molar-refractivity contribution in [3.8, 4) is 0 Å². The van der Waals surface area contributed by atoms with E-state index in [0.717, 1.165) is 12.8 Å². The van der Waals surface area contributed by atoms with Crippen molar-refractivity contribution in [2.45, 2.75) is 25.7 Å². The van der Waals surface area contributed by atoms with Gasteiger partial charge in [0.25, 0.3) is 5.91 Å². The van der Waals surface area contributed by atoms with Gasteiger partial charge in [0.15, 0.2) is 5.65 Å². The monoisotopic (exact) mass is 371 g/mol. The molecule has 4 rings (SSSR count). The number of rotatable bonds is 4. The Bertz CT molecular complexity index is 953. The molecule has 140 valence electrons. The van der Waals surface area contributed by atoms with E-state index in [1.54, 1.807) is 18.3 Å². The number of nitrogens with zero attached hydrogens (tertiary/aromatic N) is 5. The first-order valence-electron chi connectivity index (χ1n) is 9.02. The van der Waals surface area contributed by atoms with Crippen molar-refractivity contribution in [3.63, 3.8) is 0 Å². The van der Waals surface area contributed by atoms with Crippen LogP contribution in [-0.4, -0.2) is 43.9 Å². The van der Waals surface area contributed by atoms with Gasteiger partial charge in [-0.1, -0.05) is 6.07 Å². The lowest BCUT2D eigenvalue weighted by Gasteiger charge is -2.33. The van der Waals surface area contributed by atoms with Crippen LogP contribution in [0.1, 0.15) is 35.2 Å². The Kier molecular flexibility index (Phi) is 4.79. The van der Waals surface area contributed by atoms with Crippen LogP contribution in [0.3, 0.4) is 0 Å². The maximum Gasteiger partial charge on any atom is 0.254 e. The standard InChI is InChI=1S/C19H19F2N5O/c20-16-4-1-5-17(21)15(16)7-6-13-3-2-9-25(12-13)19(27)14-8-10-26-18(11-14)22-23-24-26/h1,4-5,8,10-11,13H,2-3,6-7,9,12H2. The van der Waals surface area contributed by atoms with Gasteiger partial charge in [0.1, 0.15) is 11.6 Å². The number of hydrogen-bond donors (Lipinski definition) is 0. The number of aromatic nitrogens is 4. The minimum absolute atomic E-state index is 0.0673. The summed E-state index contributed by atoms with van der Waals surface area (Å²) in [5.41, 5.74) is 1.19. The summed E-state index contributed by atoms with van der Waals surface area (Å²) in [4.78, 5) is 14.6. The van der Waals surface area contributed by atoms with Crippen molar-refractivity contribution in [1.82, 2.24) is 24.9 Å². The van der Waals surface area contributed by atoms with Crippen LogP contribution in [0.15, 0.2) is 36.5 Å². The Morgan fingerprint density at radius 1 is 1.22 bits per heavy atom. The SMILES string of the molecule is O=C(c1ccn2nnnc2c1)N1CCCC(CCc2c(F)cccc2F)C1. The smallest absolute Gasteiger partial charge is 0.254 e. The summed E-state index contributed by atoms with van der Waals surface area (Å²) in [5, 5.41) is 11.2. The highest BCUT2D eigenvalue weighted by Gasteiger charge is 2.25. The van der Waals surface area contributed by atoms with E-state index in [4.69, 9.17) is 0 Å². The van der Waals surface area contributed by atoms with Crippen LogP contribution in [0.2, 0.25) is 0 Å². The lowest BCUT2D eigenvalue weighted by atomic mass is 9.91. The normalized spacial score (nSPS) is 17.4. The fraction of sp³-hybridized carbons (Fsp3) is 0.368. The first-order chi connectivity index (χ1) is 13.1. The number of carbonyl (C=O) groups is 1. The van der Waals surface area contributed by atoms with E-state index in [0.29, 0.717) is 37.1 Å². The van der Waals surface area contributed by atoms with Crippen molar-refractivity contribution in [2.24, 2.45) is 5.92 Å². The molecule has 6 nitrogen and oxygen atoms in total. The molecule has 0 spiro atoms. The molecule has 0 aliphatic carbocycles. The van der Waals surface area contributed by atoms with Crippen molar-refractivity contribution in [2.75, 3.05) is 13.1 Å². The van der Waals surface area contributed by atoms with E-state index >= 15 is 0 Å². The Hall–Kier alpha value is -2.90. The third-order valence-electron chi connectivity index (χ3n) is 5.12. The van der Waals surface area contributed by atoms with E-state index in [-0.39, 0.29) is 17.4 Å². The van der Waals surface area contributed by atoms with Gasteiger partial charge in [0, 0.05) is 30.4 Å². The molecule has 27 heavy (non-hydrogen) atoms. The Labute approximate surface area is 154 Å². The van der Waals surface area contributed by atoms with Crippen molar-refractivity contribution in [1.29, 1.82) is 0 Å². The van der Waals surface area contributed by atoms with Gasteiger partial charge in [-0.25, -0.2) is 13.3 Å². The summed E-state index contributed by atoms with van der Waals surface area (Å²) in [6, 6.07) is 7.30. The second kappa shape index (κ2) is 7.38. The van der Waals surface area contributed by atoms with E-state index in [1.165, 1.54) is 22.7 Å². The van der Waals surface area contributed by atoms with Crippen LogP contribution in [0.5, 0.6) is 0 Å². The lowest BCUT2D eigenvalue weighted by molar-refractivity contribution is 0.0668. The number of tetrazole rings is 1. The summed E-state index contributed by atoms with van der Waals surface area (Å²) in [6.45, 7) is 1.27. The maximum atomic E-state index is 13.8. The highest BCUT2D eigenvalue weighted by atomic mass is 19.1. The maximum absolute atomic E-state index is 13.8. The van der Waals surface area contributed by atoms with E-state index in [9.17, 15) is 13.6 Å². The van der Waals surface area contributed by atoms with Gasteiger partial charge >= 0.3 is 0 Å². The predicted octanol–water partition coefficient (Wildman–Crippen LogP) is 2.89. The Balaban J connectivity index is 1.42. The highest BCUT2D eigenvalue weighted by molar-refractivity contribution is 5.95. The van der Waals surface area contributed by atoms with E-state index in [1.807, 2.05) is 4.90 Å². The van der Waals surface area contributed by atoms with Crippen LogP contribution in [0.25, 0.3) is 5.65 Å². The first kappa shape index (κ1) is 17.5. The molecule has 0 saturated carbocycles. The number of carbonyl (C=O) groups excluding carboxylic acids is 1. The van der Waals surface area contributed by atoms with Crippen LogP contribution in [-0.2, 0) is 6.42 Å². The Morgan fingerprint density at radius 3 is 2.85 bits per heavy atom. The zero-order valence-corrected chi connectivity index (χ0v) is 14.7. The van der Waals surface area contributed by atoms with E-state index in [2.05, 4.69) is 15.5 Å². The third kappa shape index (κ3) is 3.65. The molecule has 1 aromatic carbocycles. The third-order valence-corrected chi connectivity index (χ3v) is 5.12. The molecule has 2 aromatic heterocycles. The zero-order valence-electron chi connectivity index (χ0n) is 14.7. The second-order valence-corrected chi connectivity index (χ2v) is 6.90. The van der Waals surface area contributed by atoms with Gasteiger partial charge < -0.3 is 4.90 Å². The fourth-order valence-corrected chi connectivity index (χ4v) is 3.66. The number of fused-ring (bicyclic) bond motifs is 1. The lowest BCUT2D eigenvalue weighted by Crippen LogP contribution is -2.40. The second-order valence-electron chi connectivity index (χ2n) is 6.90. The molecule has 1 unspecified atom stereocenters. The Morgan fingerprint density at radius 2 is 2.04 bits per heavy atom. The van der Waals surface area contributed by atoms with Crippen LogP contribution >= 0.6 is 0 Å². The first-order valence-corrected chi connectivity index (χ1v) is 9.02. The quantitative estimate of drug-likeness (QED) is 0.707. The molecule has 1 saturated heterocycles. The molecule has 1 aliphatic rings. The molecular formula is C19H19F2N5O. The fourth-order valence-electron chi connectivity index (χ4n) is 3.66. The van der Waals surface area contributed by atoms with Crippen molar-refractivity contribution in [3.05, 3.63) is 59.3 Å². The average molecular weight is 371 g/mol. The number of piperidine rings is 1. The zero-order chi connectivity index (χ0) is 18.8. The topological polar surface area (TPSA) is 63.4 Å². The molecule has 0 bridgehead atoms. The number of likely N-dealkylation sites (tertiary alicyclic amines) is 1. The molecule has 1 fully saturated rings. The minimum atomic E-state index is -0.506. The van der Waals surface area contributed by atoms with Crippen molar-refractivity contribution >= 4 is 11.6 Å². The van der Waals surface area contributed by atoms with Gasteiger partial charge in [0.05, 0.1) is 0 Å². The summed E-state index contributed by atoms with van der Waals surface area (Å²) < 4.78 is 29.1. The number of halogens is 2. The highest BCUT2D eigenvalue weighted by Crippen LogP contribution is 2.24. The molecule has 1 aliphatic heterocycles. The van der Waals surface area contributed by atoms with Crippen LogP contribution < -0.4 is 0 Å². The van der Waals surface area contributed by atoms with Gasteiger partial charge in [-0.05, 0) is 66.3 Å². The van der Waals surface area contributed by atoms with E-state index < -0.39 is 11.6 Å². The summed E-state index contributed by atoms with van der Waals surface area (Å²) in [6.07, 6.45) is 4.47.